The zero-order valence-corrected chi connectivity index (χ0v) is 9.37. The van der Waals surface area contributed by atoms with Crippen LogP contribution in [0.15, 0.2) is 36.5 Å². The molecule has 2 heterocycles. The van der Waals surface area contributed by atoms with Gasteiger partial charge in [0.15, 0.2) is 0 Å². The number of fused-ring (bicyclic) bond motifs is 1. The minimum Gasteiger partial charge on any atom is -0.311 e. The number of nitrogens with zero attached hydrogens (tertiary/aromatic N) is 2. The standard InChI is InChI=1S/C13H6F4N2/c14-9-11(10(15)13(17)18-12(9)16)19-6-5-7-3-1-2-4-8(7)19/h1-6H. The third-order valence-electron chi connectivity index (χ3n) is 2.81. The van der Waals surface area contributed by atoms with Crippen molar-refractivity contribution in [3.8, 4) is 5.69 Å². The summed E-state index contributed by atoms with van der Waals surface area (Å²) in [4.78, 5) is 2.53. The van der Waals surface area contributed by atoms with Crippen molar-refractivity contribution in [2.45, 2.75) is 0 Å². The second-order valence-corrected chi connectivity index (χ2v) is 3.91. The molecule has 0 aliphatic carbocycles. The quantitative estimate of drug-likeness (QED) is 0.486. The van der Waals surface area contributed by atoms with Gasteiger partial charge in [0.05, 0.1) is 5.52 Å². The molecule has 96 valence electrons. The first-order valence-electron chi connectivity index (χ1n) is 5.36. The van der Waals surface area contributed by atoms with Gasteiger partial charge in [-0.15, -0.1) is 0 Å². The van der Waals surface area contributed by atoms with Crippen molar-refractivity contribution < 1.29 is 17.6 Å². The van der Waals surface area contributed by atoms with Crippen LogP contribution in [0.2, 0.25) is 0 Å². The van der Waals surface area contributed by atoms with E-state index in [0.717, 1.165) is 4.57 Å². The Morgan fingerprint density at radius 3 is 2.16 bits per heavy atom. The number of benzene rings is 1. The summed E-state index contributed by atoms with van der Waals surface area (Å²) in [5, 5.41) is 0.693. The first-order valence-corrected chi connectivity index (χ1v) is 5.36. The van der Waals surface area contributed by atoms with Gasteiger partial charge >= 0.3 is 0 Å². The molecule has 1 aromatic carbocycles. The summed E-state index contributed by atoms with van der Waals surface area (Å²) in [6.45, 7) is 0. The average Bonchev–Trinajstić information content (AvgIpc) is 2.81. The van der Waals surface area contributed by atoms with Crippen LogP contribution in [0.4, 0.5) is 17.6 Å². The number of pyridine rings is 1. The number of rotatable bonds is 1. The third-order valence-corrected chi connectivity index (χ3v) is 2.81. The molecule has 3 aromatic rings. The van der Waals surface area contributed by atoms with Gasteiger partial charge in [0.2, 0.25) is 11.6 Å². The van der Waals surface area contributed by atoms with E-state index in [1.165, 1.54) is 6.20 Å². The molecular formula is C13H6F4N2. The molecule has 3 rings (SSSR count). The van der Waals surface area contributed by atoms with Crippen LogP contribution >= 0.6 is 0 Å². The Labute approximate surface area is 104 Å². The average molecular weight is 266 g/mol. The molecule has 19 heavy (non-hydrogen) atoms. The molecule has 0 radical (unpaired) electrons. The van der Waals surface area contributed by atoms with E-state index in [9.17, 15) is 17.6 Å². The third kappa shape index (κ3) is 1.68. The van der Waals surface area contributed by atoms with Crippen molar-refractivity contribution in [1.82, 2.24) is 9.55 Å². The van der Waals surface area contributed by atoms with Crippen molar-refractivity contribution in [1.29, 1.82) is 0 Å². The van der Waals surface area contributed by atoms with Crippen LogP contribution in [0.5, 0.6) is 0 Å². The molecule has 0 fully saturated rings. The van der Waals surface area contributed by atoms with Crippen LogP contribution in [-0.2, 0) is 0 Å². The molecule has 0 bridgehead atoms. The van der Waals surface area contributed by atoms with Crippen molar-refractivity contribution >= 4 is 10.9 Å². The Kier molecular flexibility index (Phi) is 2.51. The first kappa shape index (κ1) is 11.7. The monoisotopic (exact) mass is 266 g/mol. The SMILES string of the molecule is Fc1nc(F)c(F)c(-n2ccc3ccccc32)c1F. The van der Waals surface area contributed by atoms with Gasteiger partial charge in [0, 0.05) is 6.20 Å². The highest BCUT2D eigenvalue weighted by Gasteiger charge is 2.22. The first-order chi connectivity index (χ1) is 9.09. The zero-order chi connectivity index (χ0) is 13.6. The highest BCUT2D eigenvalue weighted by Crippen LogP contribution is 2.26. The Hall–Kier alpha value is -2.37. The van der Waals surface area contributed by atoms with Crippen LogP contribution in [0.1, 0.15) is 0 Å². The molecule has 6 heteroatoms. The fraction of sp³-hybridized carbons (Fsp3) is 0. The molecular weight excluding hydrogens is 260 g/mol. The van der Waals surface area contributed by atoms with Gasteiger partial charge in [0.25, 0.3) is 11.9 Å². The van der Waals surface area contributed by atoms with Crippen molar-refractivity contribution in [2.24, 2.45) is 0 Å². The molecule has 2 aromatic heterocycles. The van der Waals surface area contributed by atoms with E-state index in [1.807, 2.05) is 0 Å². The highest BCUT2D eigenvalue weighted by molar-refractivity contribution is 5.81. The summed E-state index contributed by atoms with van der Waals surface area (Å²) >= 11 is 0. The van der Waals surface area contributed by atoms with E-state index in [4.69, 9.17) is 0 Å². The molecule has 0 saturated carbocycles. The van der Waals surface area contributed by atoms with Crippen LogP contribution in [-0.4, -0.2) is 9.55 Å². The fourth-order valence-electron chi connectivity index (χ4n) is 1.97. The van der Waals surface area contributed by atoms with E-state index in [0.29, 0.717) is 10.9 Å². The van der Waals surface area contributed by atoms with Crippen LogP contribution in [0.25, 0.3) is 16.6 Å². The maximum Gasteiger partial charge on any atom is 0.253 e. The minimum absolute atomic E-state index is 0.435. The summed E-state index contributed by atoms with van der Waals surface area (Å²) in [7, 11) is 0. The van der Waals surface area contributed by atoms with Gasteiger partial charge < -0.3 is 4.57 Å². The predicted molar refractivity (Wildman–Crippen MR) is 60.9 cm³/mol. The normalized spacial score (nSPS) is 11.2. The number of hydrogen-bond acceptors (Lipinski definition) is 1. The molecule has 0 saturated heterocycles. The lowest BCUT2D eigenvalue weighted by Crippen LogP contribution is -2.08. The minimum atomic E-state index is -1.67. The lowest BCUT2D eigenvalue weighted by molar-refractivity contribution is 0.403. The zero-order valence-electron chi connectivity index (χ0n) is 9.37. The molecule has 0 amide bonds. The summed E-state index contributed by atoms with van der Waals surface area (Å²) in [6.07, 6.45) is 1.34. The van der Waals surface area contributed by atoms with E-state index in [2.05, 4.69) is 4.98 Å². The summed E-state index contributed by atoms with van der Waals surface area (Å²) < 4.78 is 54.6. The number of halogens is 4. The molecule has 0 unspecified atom stereocenters. The van der Waals surface area contributed by atoms with Crippen LogP contribution in [0, 0.1) is 23.5 Å². The number of aromatic nitrogens is 2. The summed E-state index contributed by atoms with van der Waals surface area (Å²) in [5.41, 5.74) is -0.378. The Morgan fingerprint density at radius 2 is 1.47 bits per heavy atom. The van der Waals surface area contributed by atoms with Crippen molar-refractivity contribution in [3.63, 3.8) is 0 Å². The van der Waals surface area contributed by atoms with Crippen molar-refractivity contribution in [3.05, 3.63) is 60.1 Å². The van der Waals surface area contributed by atoms with Crippen LogP contribution in [0.3, 0.4) is 0 Å². The van der Waals surface area contributed by atoms with E-state index in [1.54, 1.807) is 30.3 Å². The summed E-state index contributed by atoms with van der Waals surface area (Å²) in [6, 6.07) is 8.29. The molecule has 2 nitrogen and oxygen atoms in total. The number of hydrogen-bond donors (Lipinski definition) is 0. The Morgan fingerprint density at radius 1 is 0.842 bits per heavy atom. The van der Waals surface area contributed by atoms with Gasteiger partial charge in [-0.1, -0.05) is 18.2 Å². The topological polar surface area (TPSA) is 17.8 Å². The Balaban J connectivity index is 2.39. The van der Waals surface area contributed by atoms with Crippen molar-refractivity contribution in [2.75, 3.05) is 0 Å². The molecule has 0 aliphatic rings. The fourth-order valence-corrected chi connectivity index (χ4v) is 1.97. The largest absolute Gasteiger partial charge is 0.311 e. The predicted octanol–water partition coefficient (Wildman–Crippen LogP) is 3.58. The van der Waals surface area contributed by atoms with Gasteiger partial charge in [-0.2, -0.15) is 22.5 Å². The summed E-state index contributed by atoms with van der Waals surface area (Å²) in [5.74, 6) is -6.40. The second-order valence-electron chi connectivity index (χ2n) is 3.91. The van der Waals surface area contributed by atoms with E-state index < -0.39 is 29.2 Å². The molecule has 0 atom stereocenters. The van der Waals surface area contributed by atoms with Gasteiger partial charge in [-0.05, 0) is 17.5 Å². The number of para-hydroxylation sites is 1. The molecule has 0 spiro atoms. The second kappa shape index (κ2) is 4.08. The van der Waals surface area contributed by atoms with Gasteiger partial charge in [0.1, 0.15) is 5.69 Å². The highest BCUT2D eigenvalue weighted by atomic mass is 19.2. The van der Waals surface area contributed by atoms with Gasteiger partial charge in [-0.25, -0.2) is 0 Å². The lowest BCUT2D eigenvalue weighted by Gasteiger charge is -2.08. The Bertz CT molecular complexity index is 753. The molecule has 0 aliphatic heterocycles. The van der Waals surface area contributed by atoms with E-state index in [-0.39, 0.29) is 0 Å². The maximum atomic E-state index is 13.7. The van der Waals surface area contributed by atoms with Crippen LogP contribution < -0.4 is 0 Å². The smallest absolute Gasteiger partial charge is 0.253 e. The lowest BCUT2D eigenvalue weighted by atomic mass is 10.2. The maximum absolute atomic E-state index is 13.7. The molecule has 0 N–H and O–H groups in total. The van der Waals surface area contributed by atoms with E-state index >= 15 is 0 Å². The van der Waals surface area contributed by atoms with Gasteiger partial charge in [-0.3, -0.25) is 0 Å².